The van der Waals surface area contributed by atoms with Crippen molar-refractivity contribution in [1.82, 2.24) is 0 Å². The Morgan fingerprint density at radius 3 is 2.15 bits per heavy atom. The van der Waals surface area contributed by atoms with Crippen molar-refractivity contribution in [2.75, 3.05) is 11.9 Å². The van der Waals surface area contributed by atoms with Crippen LogP contribution in [0.1, 0.15) is 28.9 Å². The summed E-state index contributed by atoms with van der Waals surface area (Å²) in [5, 5.41) is 2.69. The number of carbonyl (C=O) groups is 2. The first-order valence-electron chi connectivity index (χ1n) is 10.1. The summed E-state index contributed by atoms with van der Waals surface area (Å²) in [7, 11) is -4.80. The molecule has 0 saturated carbocycles. The Labute approximate surface area is 195 Å². The van der Waals surface area contributed by atoms with Gasteiger partial charge in [0.2, 0.25) is 15.9 Å². The van der Waals surface area contributed by atoms with Gasteiger partial charge in [-0.2, -0.15) is 8.78 Å². The van der Waals surface area contributed by atoms with Crippen molar-refractivity contribution in [3.63, 3.8) is 0 Å². The molecular weight excluding hydrogens is 468 g/mol. The molecule has 0 heterocycles. The molecule has 3 aromatic rings. The minimum absolute atomic E-state index is 0.114. The van der Waals surface area contributed by atoms with Crippen LogP contribution in [0.15, 0.2) is 83.8 Å². The Morgan fingerprint density at radius 2 is 1.53 bits per heavy atom. The summed E-state index contributed by atoms with van der Waals surface area (Å²) < 4.78 is 59.6. The Balaban J connectivity index is 1.85. The summed E-state index contributed by atoms with van der Waals surface area (Å²) in [5.74, 6) is -4.74. The van der Waals surface area contributed by atoms with Gasteiger partial charge >= 0.3 is 11.7 Å². The molecule has 0 spiro atoms. The first-order chi connectivity index (χ1) is 16.2. The molecule has 0 saturated heterocycles. The maximum Gasteiger partial charge on any atom is 0.341 e. The highest BCUT2D eigenvalue weighted by atomic mass is 32.2. The molecule has 0 aromatic heterocycles. The van der Waals surface area contributed by atoms with E-state index in [2.05, 4.69) is 5.32 Å². The molecule has 34 heavy (non-hydrogen) atoms. The van der Waals surface area contributed by atoms with E-state index in [-0.39, 0.29) is 5.56 Å². The SMILES string of the molecule is CCOc1ccccc1NC(=O)[C@H](OC(=O)c1ccc(S(=O)(=O)C(F)F)cc1)c1ccccc1. The second-order valence-electron chi connectivity index (χ2n) is 6.94. The molecule has 1 N–H and O–H groups in total. The molecule has 0 bridgehead atoms. The molecule has 3 rings (SSSR count). The summed E-state index contributed by atoms with van der Waals surface area (Å²) in [5.41, 5.74) is 0.656. The number of halogens is 2. The molecule has 1 atom stereocenters. The van der Waals surface area contributed by atoms with E-state index in [1.165, 1.54) is 0 Å². The van der Waals surface area contributed by atoms with E-state index in [4.69, 9.17) is 9.47 Å². The van der Waals surface area contributed by atoms with E-state index in [0.29, 0.717) is 23.6 Å². The zero-order valence-corrected chi connectivity index (χ0v) is 18.8. The van der Waals surface area contributed by atoms with Crippen LogP contribution < -0.4 is 10.1 Å². The predicted octanol–water partition coefficient (Wildman–Crippen LogP) is 4.62. The number of anilines is 1. The summed E-state index contributed by atoms with van der Waals surface area (Å²) in [4.78, 5) is 25.2. The van der Waals surface area contributed by atoms with Crippen molar-refractivity contribution in [3.8, 4) is 5.75 Å². The van der Waals surface area contributed by atoms with Gasteiger partial charge in [0.25, 0.3) is 5.91 Å². The van der Waals surface area contributed by atoms with E-state index < -0.39 is 38.5 Å². The lowest BCUT2D eigenvalue weighted by Gasteiger charge is -2.19. The van der Waals surface area contributed by atoms with Crippen LogP contribution in [0, 0.1) is 0 Å². The number of rotatable bonds is 9. The number of hydrogen-bond acceptors (Lipinski definition) is 6. The zero-order valence-electron chi connectivity index (χ0n) is 18.0. The average molecular weight is 489 g/mol. The number of sulfone groups is 1. The molecular formula is C24H21F2NO6S. The minimum Gasteiger partial charge on any atom is -0.492 e. The molecule has 0 aliphatic rings. The smallest absolute Gasteiger partial charge is 0.341 e. The second kappa shape index (κ2) is 10.9. The Kier molecular flexibility index (Phi) is 7.95. The first-order valence-corrected chi connectivity index (χ1v) is 11.7. The topological polar surface area (TPSA) is 98.8 Å². The molecule has 0 unspecified atom stereocenters. The van der Waals surface area contributed by atoms with Crippen molar-refractivity contribution in [3.05, 3.63) is 90.0 Å². The van der Waals surface area contributed by atoms with Crippen LogP contribution in [0.4, 0.5) is 14.5 Å². The Hall–Kier alpha value is -3.79. The van der Waals surface area contributed by atoms with Crippen molar-refractivity contribution < 1.29 is 36.3 Å². The number of amides is 1. The maximum absolute atomic E-state index is 13.1. The van der Waals surface area contributed by atoms with Gasteiger partial charge in [-0.05, 0) is 43.3 Å². The highest BCUT2D eigenvalue weighted by Crippen LogP contribution is 2.27. The van der Waals surface area contributed by atoms with Gasteiger partial charge in [-0.1, -0.05) is 42.5 Å². The normalized spacial score (nSPS) is 12.1. The van der Waals surface area contributed by atoms with Crippen molar-refractivity contribution >= 4 is 27.4 Å². The largest absolute Gasteiger partial charge is 0.492 e. The van der Waals surface area contributed by atoms with E-state index in [9.17, 15) is 26.8 Å². The zero-order chi connectivity index (χ0) is 24.7. The predicted molar refractivity (Wildman–Crippen MR) is 120 cm³/mol. The number of hydrogen-bond donors (Lipinski definition) is 1. The Morgan fingerprint density at radius 1 is 0.912 bits per heavy atom. The van der Waals surface area contributed by atoms with Gasteiger partial charge in [-0.3, -0.25) is 4.79 Å². The fourth-order valence-electron chi connectivity index (χ4n) is 3.01. The van der Waals surface area contributed by atoms with Gasteiger partial charge in [-0.25, -0.2) is 13.2 Å². The monoisotopic (exact) mass is 489 g/mol. The molecule has 7 nitrogen and oxygen atoms in total. The number of carbonyl (C=O) groups excluding carboxylic acids is 2. The summed E-state index contributed by atoms with van der Waals surface area (Å²) >= 11 is 0. The molecule has 1 amide bonds. The standard InChI is InChI=1S/C24H21F2NO6S/c1-2-32-20-11-7-6-10-19(20)27-22(28)21(16-8-4-3-5-9-16)33-23(29)17-12-14-18(15-13-17)34(30,31)24(25)26/h3-15,21,24H,2H2,1H3,(H,27,28)/t21-/m1/s1. The van der Waals surface area contributed by atoms with Crippen LogP contribution in [0.3, 0.4) is 0 Å². The summed E-state index contributed by atoms with van der Waals surface area (Å²) in [6, 6.07) is 18.9. The van der Waals surface area contributed by atoms with Gasteiger partial charge in [-0.15, -0.1) is 0 Å². The Bertz CT molecular complexity index is 1250. The molecule has 0 aliphatic heterocycles. The number of ether oxygens (including phenoxy) is 2. The third-order valence-electron chi connectivity index (χ3n) is 4.66. The molecule has 10 heteroatoms. The fraction of sp³-hybridized carbons (Fsp3) is 0.167. The van der Waals surface area contributed by atoms with Crippen LogP contribution in [-0.4, -0.2) is 32.7 Å². The van der Waals surface area contributed by atoms with E-state index in [0.717, 1.165) is 24.3 Å². The lowest BCUT2D eigenvalue weighted by molar-refractivity contribution is -0.125. The van der Waals surface area contributed by atoms with Gasteiger partial charge in [0.1, 0.15) is 5.75 Å². The molecule has 3 aromatic carbocycles. The molecule has 178 valence electrons. The van der Waals surface area contributed by atoms with Crippen LogP contribution in [0.5, 0.6) is 5.75 Å². The summed E-state index contributed by atoms with van der Waals surface area (Å²) in [6.45, 7) is 2.17. The van der Waals surface area contributed by atoms with Gasteiger partial charge in [0, 0.05) is 5.56 Å². The number of esters is 1. The quantitative estimate of drug-likeness (QED) is 0.441. The van der Waals surface area contributed by atoms with Crippen molar-refractivity contribution in [2.24, 2.45) is 0 Å². The third-order valence-corrected chi connectivity index (χ3v) is 6.06. The minimum atomic E-state index is -4.80. The third kappa shape index (κ3) is 5.76. The lowest BCUT2D eigenvalue weighted by Crippen LogP contribution is -2.26. The van der Waals surface area contributed by atoms with Crippen LogP contribution in [-0.2, 0) is 19.4 Å². The molecule has 0 fully saturated rings. The maximum atomic E-state index is 13.1. The lowest BCUT2D eigenvalue weighted by atomic mass is 10.1. The number of alkyl halides is 2. The van der Waals surface area contributed by atoms with Gasteiger partial charge < -0.3 is 14.8 Å². The van der Waals surface area contributed by atoms with E-state index in [1.54, 1.807) is 61.5 Å². The summed E-state index contributed by atoms with van der Waals surface area (Å²) in [6.07, 6.45) is -1.35. The highest BCUT2D eigenvalue weighted by molar-refractivity contribution is 7.91. The molecule has 0 aliphatic carbocycles. The number of nitrogens with one attached hydrogen (secondary N) is 1. The van der Waals surface area contributed by atoms with Crippen molar-refractivity contribution in [2.45, 2.75) is 23.7 Å². The number of para-hydroxylation sites is 2. The fourth-order valence-corrected chi connectivity index (χ4v) is 3.73. The second-order valence-corrected chi connectivity index (χ2v) is 8.86. The first kappa shape index (κ1) is 24.8. The van der Waals surface area contributed by atoms with Crippen LogP contribution in [0.2, 0.25) is 0 Å². The van der Waals surface area contributed by atoms with Gasteiger partial charge in [0.05, 0.1) is 22.8 Å². The van der Waals surface area contributed by atoms with E-state index >= 15 is 0 Å². The van der Waals surface area contributed by atoms with Crippen LogP contribution in [0.25, 0.3) is 0 Å². The van der Waals surface area contributed by atoms with Gasteiger partial charge in [0.15, 0.2) is 0 Å². The van der Waals surface area contributed by atoms with Crippen LogP contribution >= 0.6 is 0 Å². The number of benzene rings is 3. The van der Waals surface area contributed by atoms with E-state index in [1.807, 2.05) is 0 Å². The average Bonchev–Trinajstić information content (AvgIpc) is 2.84. The molecule has 0 radical (unpaired) electrons. The highest BCUT2D eigenvalue weighted by Gasteiger charge is 2.29. The van der Waals surface area contributed by atoms with Crippen molar-refractivity contribution in [1.29, 1.82) is 0 Å².